The van der Waals surface area contributed by atoms with Crippen molar-refractivity contribution in [1.29, 1.82) is 0 Å². The third-order valence-corrected chi connectivity index (χ3v) is 2.22. The fourth-order valence-corrected chi connectivity index (χ4v) is 1.19. The summed E-state index contributed by atoms with van der Waals surface area (Å²) in [5.74, 6) is -0.375. The van der Waals surface area contributed by atoms with E-state index in [-0.39, 0.29) is 44.5 Å². The lowest BCUT2D eigenvalue weighted by Gasteiger charge is -1.81. The van der Waals surface area contributed by atoms with E-state index >= 15 is 0 Å². The molecule has 0 saturated heterocycles. The van der Waals surface area contributed by atoms with Crippen molar-refractivity contribution in [2.24, 2.45) is 4.99 Å². The molecule has 0 radical (unpaired) electrons. The van der Waals surface area contributed by atoms with Crippen molar-refractivity contribution in [3.63, 3.8) is 0 Å². The number of rotatable bonds is 3. The third kappa shape index (κ3) is 8.54. The second kappa shape index (κ2) is 12.9. The predicted molar refractivity (Wildman–Crippen MR) is 90.7 cm³/mol. The van der Waals surface area contributed by atoms with Crippen LogP contribution in [0.25, 0.3) is 0 Å². The first-order valence-corrected chi connectivity index (χ1v) is 6.05. The van der Waals surface area contributed by atoms with Gasteiger partial charge in [0.05, 0.1) is 23.9 Å². The number of aldehydes is 3. The van der Waals surface area contributed by atoms with Crippen LogP contribution in [-0.4, -0.2) is 57.1 Å². The number of amides is 1. The van der Waals surface area contributed by atoms with Crippen molar-refractivity contribution in [3.8, 4) is 0 Å². The van der Waals surface area contributed by atoms with E-state index in [0.29, 0.717) is 24.6 Å². The summed E-state index contributed by atoms with van der Waals surface area (Å²) < 4.78 is 0. The first kappa shape index (κ1) is 23.6. The van der Waals surface area contributed by atoms with E-state index in [1.54, 1.807) is 0 Å². The van der Waals surface area contributed by atoms with Crippen LogP contribution in [0.5, 0.6) is 0 Å². The van der Waals surface area contributed by atoms with Gasteiger partial charge in [-0.2, -0.15) is 0 Å². The Morgan fingerprint density at radius 1 is 0.960 bits per heavy atom. The van der Waals surface area contributed by atoms with Crippen molar-refractivity contribution < 1.29 is 19.2 Å². The Morgan fingerprint density at radius 2 is 1.64 bits per heavy atom. The number of carbonyl (C=O) groups excluding carboxylic acids is 4. The quantitative estimate of drug-likeness (QED) is 0.554. The maximum Gasteiger partial charge on any atom is 0.323 e. The molecule has 11 nitrogen and oxygen atoms in total. The maximum atomic E-state index is 10.3. The lowest BCUT2D eigenvalue weighted by molar-refractivity contribution is -0.114. The lowest BCUT2D eigenvalue weighted by Crippen LogP contribution is -2.23. The van der Waals surface area contributed by atoms with E-state index in [1.807, 2.05) is 0 Å². The van der Waals surface area contributed by atoms with Crippen LogP contribution >= 0.6 is 0 Å². The normalized spacial score (nSPS) is 10.9. The number of hydrogen-bond donors (Lipinski definition) is 4. The highest BCUT2D eigenvalue weighted by molar-refractivity contribution is 6.60. The lowest BCUT2D eigenvalue weighted by atomic mass is 10.4. The number of nitrogens with zero attached hydrogens (tertiary/aromatic N) is 2. The standard InChI is InChI=1S/2C4H4N2O2.C4H4N2O.2CH4/c7-1-3-4(8)6-2-5-3;7-2-3-1-5-4(8)6-3;7-2-4-1-5-3-6-4;;/h1H,2H2,(H,6,8);1-2H,(H2,5,6,8);1-3H,(H,5,6);2*1H4. The summed E-state index contributed by atoms with van der Waals surface area (Å²) in [5.41, 5.74) is 0.423. The van der Waals surface area contributed by atoms with E-state index < -0.39 is 0 Å². The monoisotopic (exact) mass is 352 g/mol. The number of carbonyl (C=O) groups is 4. The zero-order valence-electron chi connectivity index (χ0n) is 11.6. The Balaban J connectivity index is 0. The predicted octanol–water partition coefficient (Wildman–Crippen LogP) is -0.276. The third-order valence-electron chi connectivity index (χ3n) is 2.22. The Morgan fingerprint density at radius 3 is 1.88 bits per heavy atom. The topological polar surface area (TPSA) is 170 Å². The van der Waals surface area contributed by atoms with Gasteiger partial charge in [0.1, 0.15) is 6.67 Å². The van der Waals surface area contributed by atoms with Crippen LogP contribution in [0, 0.1) is 0 Å². The molecule has 0 aliphatic carbocycles. The molecule has 3 rings (SSSR count). The number of aromatic amines is 3. The van der Waals surface area contributed by atoms with E-state index in [1.165, 1.54) is 18.7 Å². The number of imidazole rings is 2. The molecule has 3 heterocycles. The van der Waals surface area contributed by atoms with Gasteiger partial charge in [0.15, 0.2) is 24.6 Å². The second-order valence-corrected chi connectivity index (χ2v) is 3.77. The summed E-state index contributed by atoms with van der Waals surface area (Å²) in [6.07, 6.45) is 5.97. The minimum Gasteiger partial charge on any atom is -0.342 e. The molecule has 136 valence electrons. The van der Waals surface area contributed by atoms with Crippen molar-refractivity contribution in [2.75, 3.05) is 6.67 Å². The molecule has 1 aliphatic rings. The average molecular weight is 352 g/mol. The Labute approximate surface area is 143 Å². The van der Waals surface area contributed by atoms with Gasteiger partial charge in [0.2, 0.25) is 0 Å². The molecule has 25 heavy (non-hydrogen) atoms. The van der Waals surface area contributed by atoms with Crippen LogP contribution < -0.4 is 11.0 Å². The summed E-state index contributed by atoms with van der Waals surface area (Å²) >= 11 is 0. The van der Waals surface area contributed by atoms with Crippen molar-refractivity contribution in [2.45, 2.75) is 14.9 Å². The van der Waals surface area contributed by atoms with E-state index in [4.69, 9.17) is 0 Å². The van der Waals surface area contributed by atoms with E-state index in [0.717, 1.165) is 0 Å². The first-order chi connectivity index (χ1) is 11.1. The number of aliphatic imine (C=N–C) groups is 1. The fraction of sp³-hybridized carbons (Fsp3) is 0.214. The molecule has 11 heteroatoms. The van der Waals surface area contributed by atoms with Gasteiger partial charge in [-0.3, -0.25) is 24.2 Å². The highest BCUT2D eigenvalue weighted by Gasteiger charge is 2.13. The van der Waals surface area contributed by atoms with Gasteiger partial charge in [-0.15, -0.1) is 0 Å². The van der Waals surface area contributed by atoms with Gasteiger partial charge in [-0.25, -0.2) is 9.78 Å². The van der Waals surface area contributed by atoms with Gasteiger partial charge in [-0.1, -0.05) is 14.9 Å². The second-order valence-electron chi connectivity index (χ2n) is 3.77. The molecule has 0 fully saturated rings. The summed E-state index contributed by atoms with van der Waals surface area (Å²) in [6, 6.07) is 0. The molecule has 0 aromatic carbocycles. The molecular weight excluding hydrogens is 332 g/mol. The molecule has 1 amide bonds. The van der Waals surface area contributed by atoms with Crippen molar-refractivity contribution in [3.05, 3.63) is 40.6 Å². The Bertz CT molecular complexity index is 744. The van der Waals surface area contributed by atoms with E-state index in [2.05, 4.69) is 30.2 Å². The van der Waals surface area contributed by atoms with E-state index in [9.17, 15) is 24.0 Å². The summed E-state index contributed by atoms with van der Waals surface area (Å²) in [4.78, 5) is 64.2. The molecule has 1 aliphatic heterocycles. The Hall–Kier alpha value is -3.63. The highest BCUT2D eigenvalue weighted by Crippen LogP contribution is 1.82. The van der Waals surface area contributed by atoms with Crippen LogP contribution in [0.15, 0.2) is 28.5 Å². The number of nitrogens with one attached hydrogen (secondary N) is 4. The van der Waals surface area contributed by atoms with Gasteiger partial charge < -0.3 is 20.3 Å². The summed E-state index contributed by atoms with van der Waals surface area (Å²) in [6.45, 7) is 0.243. The molecule has 0 bridgehead atoms. The average Bonchev–Trinajstić information content (AvgIpc) is 3.30. The van der Waals surface area contributed by atoms with Crippen LogP contribution in [0.4, 0.5) is 0 Å². The van der Waals surface area contributed by atoms with Gasteiger partial charge >= 0.3 is 5.69 Å². The molecule has 2 aromatic rings. The molecule has 0 atom stereocenters. The molecule has 0 spiro atoms. The fourth-order valence-electron chi connectivity index (χ4n) is 1.19. The SMILES string of the molecule is C.C.O=CC1=NCNC1=O.O=Cc1c[nH]c(=O)[nH]1.O=Cc1cnc[nH]1. The maximum absolute atomic E-state index is 10.3. The highest BCUT2D eigenvalue weighted by atomic mass is 16.2. The van der Waals surface area contributed by atoms with Crippen LogP contribution in [0.1, 0.15) is 35.8 Å². The van der Waals surface area contributed by atoms with Crippen molar-refractivity contribution in [1.82, 2.24) is 25.3 Å². The van der Waals surface area contributed by atoms with Crippen LogP contribution in [0.3, 0.4) is 0 Å². The molecule has 0 unspecified atom stereocenters. The molecule has 0 saturated carbocycles. The van der Waals surface area contributed by atoms with Gasteiger partial charge in [0, 0.05) is 6.20 Å². The number of H-pyrrole nitrogens is 3. The number of aromatic nitrogens is 4. The van der Waals surface area contributed by atoms with Gasteiger partial charge in [-0.05, 0) is 0 Å². The minimum atomic E-state index is -0.375. The smallest absolute Gasteiger partial charge is 0.323 e. The zero-order chi connectivity index (χ0) is 17.1. The first-order valence-electron chi connectivity index (χ1n) is 6.05. The number of hydrogen-bond acceptors (Lipinski definition) is 7. The molecular formula is C14H20N6O5. The van der Waals surface area contributed by atoms with Crippen LogP contribution in [0.2, 0.25) is 0 Å². The minimum absolute atomic E-state index is 0. The van der Waals surface area contributed by atoms with Gasteiger partial charge in [0.25, 0.3) is 5.91 Å². The largest absolute Gasteiger partial charge is 0.342 e. The summed E-state index contributed by atoms with van der Waals surface area (Å²) in [7, 11) is 0. The van der Waals surface area contributed by atoms with Crippen molar-refractivity contribution >= 4 is 30.5 Å². The van der Waals surface area contributed by atoms with Crippen LogP contribution in [-0.2, 0) is 9.59 Å². The molecule has 2 aromatic heterocycles. The zero-order valence-corrected chi connectivity index (χ0v) is 11.6. The molecule has 4 N–H and O–H groups in total. The summed E-state index contributed by atoms with van der Waals surface area (Å²) in [5, 5.41) is 2.35. The Kier molecular flexibility index (Phi) is 12.2.